The van der Waals surface area contributed by atoms with Gasteiger partial charge in [-0.05, 0) is 19.8 Å². The molecule has 17 heavy (non-hydrogen) atoms. The normalized spacial score (nSPS) is 14.9. The molecule has 6 nitrogen and oxygen atoms in total. The molecule has 2 N–H and O–H groups in total. The average Bonchev–Trinajstić information content (AvgIpc) is 3.07. The molecule has 0 spiro atoms. The van der Waals surface area contributed by atoms with Gasteiger partial charge in [0.05, 0.1) is 18.9 Å². The van der Waals surface area contributed by atoms with Crippen LogP contribution in [-0.4, -0.2) is 33.1 Å². The first-order valence-corrected chi connectivity index (χ1v) is 6.67. The van der Waals surface area contributed by atoms with Crippen LogP contribution in [0.1, 0.15) is 31.6 Å². The van der Waals surface area contributed by atoms with E-state index in [1.807, 2.05) is 4.57 Å². The Balaban J connectivity index is 2.00. The minimum Gasteiger partial charge on any atom is -0.465 e. The first-order valence-electron chi connectivity index (χ1n) is 5.68. The summed E-state index contributed by atoms with van der Waals surface area (Å²) in [5.41, 5.74) is 5.61. The van der Waals surface area contributed by atoms with Crippen LogP contribution in [-0.2, 0) is 16.1 Å². The zero-order chi connectivity index (χ0) is 12.3. The lowest BCUT2D eigenvalue weighted by Crippen LogP contribution is -2.10. The van der Waals surface area contributed by atoms with Crippen LogP contribution < -0.4 is 5.73 Å². The van der Waals surface area contributed by atoms with Crippen LogP contribution in [0.5, 0.6) is 0 Å². The SMILES string of the molecule is CCOC(=O)CSc1nnc(CN)n1C1CC1. The van der Waals surface area contributed by atoms with Gasteiger partial charge in [-0.1, -0.05) is 11.8 Å². The van der Waals surface area contributed by atoms with Crippen LogP contribution in [0.25, 0.3) is 0 Å². The van der Waals surface area contributed by atoms with Crippen molar-refractivity contribution < 1.29 is 9.53 Å². The van der Waals surface area contributed by atoms with Crippen LogP contribution in [0.4, 0.5) is 0 Å². The predicted octanol–water partition coefficient (Wildman–Crippen LogP) is 0.727. The summed E-state index contributed by atoms with van der Waals surface area (Å²) in [5, 5.41) is 8.87. The number of thioether (sulfide) groups is 1. The molecule has 0 aromatic carbocycles. The van der Waals surface area contributed by atoms with E-state index < -0.39 is 0 Å². The van der Waals surface area contributed by atoms with E-state index in [0.29, 0.717) is 19.2 Å². The molecule has 2 rings (SSSR count). The molecule has 0 aliphatic heterocycles. The van der Waals surface area contributed by atoms with E-state index in [1.165, 1.54) is 11.8 Å². The molecule has 0 amide bonds. The van der Waals surface area contributed by atoms with E-state index >= 15 is 0 Å². The third-order valence-corrected chi connectivity index (χ3v) is 3.37. The molecule has 7 heteroatoms. The molecule has 0 saturated heterocycles. The van der Waals surface area contributed by atoms with Gasteiger partial charge in [0.25, 0.3) is 0 Å². The highest BCUT2D eigenvalue weighted by Crippen LogP contribution is 2.38. The Labute approximate surface area is 104 Å². The Morgan fingerprint density at radius 2 is 2.35 bits per heavy atom. The van der Waals surface area contributed by atoms with Crippen LogP contribution in [0, 0.1) is 0 Å². The van der Waals surface area contributed by atoms with E-state index in [0.717, 1.165) is 23.8 Å². The van der Waals surface area contributed by atoms with Crippen LogP contribution in [0.3, 0.4) is 0 Å². The Morgan fingerprint density at radius 3 is 2.94 bits per heavy atom. The predicted molar refractivity (Wildman–Crippen MR) is 63.5 cm³/mol. The van der Waals surface area contributed by atoms with E-state index in [1.54, 1.807) is 6.92 Å². The van der Waals surface area contributed by atoms with Gasteiger partial charge in [0.1, 0.15) is 5.82 Å². The molecule has 0 bridgehead atoms. The molecular weight excluding hydrogens is 240 g/mol. The number of ether oxygens (including phenoxy) is 1. The first-order chi connectivity index (χ1) is 8.26. The summed E-state index contributed by atoms with van der Waals surface area (Å²) in [5.74, 6) is 0.833. The van der Waals surface area contributed by atoms with Crippen molar-refractivity contribution in [2.75, 3.05) is 12.4 Å². The summed E-state index contributed by atoms with van der Waals surface area (Å²) in [4.78, 5) is 11.3. The van der Waals surface area contributed by atoms with Crippen molar-refractivity contribution in [2.45, 2.75) is 37.5 Å². The third-order valence-electron chi connectivity index (χ3n) is 2.45. The fraction of sp³-hybridized carbons (Fsp3) is 0.700. The van der Waals surface area contributed by atoms with Crippen LogP contribution >= 0.6 is 11.8 Å². The van der Waals surface area contributed by atoms with Gasteiger partial charge >= 0.3 is 5.97 Å². The van der Waals surface area contributed by atoms with E-state index in [-0.39, 0.29) is 11.7 Å². The minimum atomic E-state index is -0.225. The quantitative estimate of drug-likeness (QED) is 0.596. The Morgan fingerprint density at radius 1 is 1.59 bits per heavy atom. The van der Waals surface area contributed by atoms with Crippen LogP contribution in [0.2, 0.25) is 0 Å². The summed E-state index contributed by atoms with van der Waals surface area (Å²) in [6, 6.07) is 0.466. The highest BCUT2D eigenvalue weighted by atomic mass is 32.2. The summed E-state index contributed by atoms with van der Waals surface area (Å²) in [6.07, 6.45) is 2.27. The Hall–Kier alpha value is -1.08. The first kappa shape index (κ1) is 12.4. The van der Waals surface area contributed by atoms with Crippen molar-refractivity contribution in [3.05, 3.63) is 5.82 Å². The summed E-state index contributed by atoms with van der Waals surface area (Å²) in [6.45, 7) is 2.58. The van der Waals surface area contributed by atoms with Crippen molar-refractivity contribution in [3.63, 3.8) is 0 Å². The summed E-state index contributed by atoms with van der Waals surface area (Å²) in [7, 11) is 0. The van der Waals surface area contributed by atoms with Gasteiger partial charge in [-0.15, -0.1) is 10.2 Å². The highest BCUT2D eigenvalue weighted by Gasteiger charge is 2.29. The number of aromatic nitrogens is 3. The van der Waals surface area contributed by atoms with Crippen molar-refractivity contribution in [2.24, 2.45) is 5.73 Å². The van der Waals surface area contributed by atoms with Crippen molar-refractivity contribution in [3.8, 4) is 0 Å². The van der Waals surface area contributed by atoms with Gasteiger partial charge < -0.3 is 15.0 Å². The Kier molecular flexibility index (Phi) is 4.01. The number of carbonyl (C=O) groups excluding carboxylic acids is 1. The van der Waals surface area contributed by atoms with Gasteiger partial charge in [-0.25, -0.2) is 0 Å². The number of hydrogen-bond donors (Lipinski definition) is 1. The second-order valence-corrected chi connectivity index (χ2v) is 4.74. The van der Waals surface area contributed by atoms with Crippen LogP contribution in [0.15, 0.2) is 5.16 Å². The molecule has 1 aromatic heterocycles. The molecule has 0 atom stereocenters. The number of rotatable bonds is 6. The monoisotopic (exact) mass is 256 g/mol. The van der Waals surface area contributed by atoms with Crippen molar-refractivity contribution in [1.29, 1.82) is 0 Å². The largest absolute Gasteiger partial charge is 0.465 e. The van der Waals surface area contributed by atoms with E-state index in [2.05, 4.69) is 10.2 Å². The summed E-state index contributed by atoms with van der Waals surface area (Å²) >= 11 is 1.36. The zero-order valence-corrected chi connectivity index (χ0v) is 10.6. The fourth-order valence-electron chi connectivity index (χ4n) is 1.57. The average molecular weight is 256 g/mol. The van der Waals surface area contributed by atoms with Gasteiger partial charge in [0, 0.05) is 6.04 Å². The van der Waals surface area contributed by atoms with Gasteiger partial charge in [-0.2, -0.15) is 0 Å². The molecular formula is C10H16N4O2S. The maximum absolute atomic E-state index is 11.3. The molecule has 1 fully saturated rings. The highest BCUT2D eigenvalue weighted by molar-refractivity contribution is 7.99. The lowest BCUT2D eigenvalue weighted by atomic mass is 10.5. The molecule has 0 unspecified atom stereocenters. The standard InChI is InChI=1S/C10H16N4O2S/c1-2-16-9(15)6-17-10-13-12-8(5-11)14(10)7-3-4-7/h7H,2-6,11H2,1H3. The number of nitrogens with zero attached hydrogens (tertiary/aromatic N) is 3. The lowest BCUT2D eigenvalue weighted by molar-refractivity contribution is -0.139. The lowest BCUT2D eigenvalue weighted by Gasteiger charge is -2.06. The molecule has 94 valence electrons. The second-order valence-electron chi connectivity index (χ2n) is 3.80. The summed E-state index contributed by atoms with van der Waals surface area (Å²) < 4.78 is 6.92. The van der Waals surface area contributed by atoms with Crippen molar-refractivity contribution in [1.82, 2.24) is 14.8 Å². The molecule has 1 heterocycles. The number of carbonyl (C=O) groups is 1. The third kappa shape index (κ3) is 2.98. The van der Waals surface area contributed by atoms with Gasteiger partial charge in [0.2, 0.25) is 0 Å². The molecule has 1 aromatic rings. The molecule has 1 aliphatic carbocycles. The topological polar surface area (TPSA) is 83.0 Å². The fourth-order valence-corrected chi connectivity index (χ4v) is 2.39. The zero-order valence-electron chi connectivity index (χ0n) is 9.76. The molecule has 1 saturated carbocycles. The smallest absolute Gasteiger partial charge is 0.316 e. The maximum atomic E-state index is 11.3. The second kappa shape index (κ2) is 5.50. The molecule has 0 radical (unpaired) electrons. The van der Waals surface area contributed by atoms with E-state index in [4.69, 9.17) is 10.5 Å². The van der Waals surface area contributed by atoms with E-state index in [9.17, 15) is 4.79 Å². The molecule has 1 aliphatic rings. The van der Waals surface area contributed by atoms with Gasteiger partial charge in [-0.3, -0.25) is 4.79 Å². The number of esters is 1. The van der Waals surface area contributed by atoms with Gasteiger partial charge in [0.15, 0.2) is 5.16 Å². The van der Waals surface area contributed by atoms with Crippen molar-refractivity contribution >= 4 is 17.7 Å². The minimum absolute atomic E-state index is 0.225. The maximum Gasteiger partial charge on any atom is 0.316 e. The number of nitrogens with two attached hydrogens (primary N) is 1. The number of hydrogen-bond acceptors (Lipinski definition) is 6. The Bertz CT molecular complexity index is 403.